The van der Waals surface area contributed by atoms with Crippen LogP contribution >= 0.6 is 0 Å². The molecule has 0 aromatic carbocycles. The van der Waals surface area contributed by atoms with Crippen molar-refractivity contribution in [3.8, 4) is 5.88 Å². The van der Waals surface area contributed by atoms with E-state index in [2.05, 4.69) is 15.0 Å². The number of methoxy groups -OCH3 is 2. The Balaban J connectivity index is 2.97. The summed E-state index contributed by atoms with van der Waals surface area (Å²) < 4.78 is 14.7. The zero-order valence-corrected chi connectivity index (χ0v) is 12.1. The van der Waals surface area contributed by atoms with Crippen LogP contribution in [0.3, 0.4) is 0 Å². The van der Waals surface area contributed by atoms with Gasteiger partial charge in [-0.05, 0) is 26.8 Å². The van der Waals surface area contributed by atoms with Crippen molar-refractivity contribution in [2.75, 3.05) is 19.5 Å². The molecule has 0 atom stereocenters. The van der Waals surface area contributed by atoms with Crippen LogP contribution in [-0.4, -0.2) is 36.9 Å². The molecule has 7 nitrogen and oxygen atoms in total. The highest BCUT2D eigenvalue weighted by Crippen LogP contribution is 2.23. The molecule has 0 aliphatic rings. The maximum Gasteiger partial charge on any atom is 0.412 e. The van der Waals surface area contributed by atoms with E-state index in [0.29, 0.717) is 0 Å². The second kappa shape index (κ2) is 6.23. The molecule has 1 aromatic heterocycles. The van der Waals surface area contributed by atoms with E-state index in [-0.39, 0.29) is 17.1 Å². The summed E-state index contributed by atoms with van der Waals surface area (Å²) >= 11 is 0. The molecular formula is C13H18N2O5. The van der Waals surface area contributed by atoms with Crippen LogP contribution < -0.4 is 10.1 Å². The first-order valence-electron chi connectivity index (χ1n) is 5.89. The Bertz CT molecular complexity index is 508. The first-order valence-corrected chi connectivity index (χ1v) is 5.89. The summed E-state index contributed by atoms with van der Waals surface area (Å²) in [5, 5.41) is 2.48. The molecule has 0 radical (unpaired) electrons. The first kappa shape index (κ1) is 15.7. The minimum atomic E-state index is -0.667. The molecule has 0 saturated carbocycles. The average molecular weight is 282 g/mol. The number of esters is 1. The van der Waals surface area contributed by atoms with E-state index in [4.69, 9.17) is 9.47 Å². The number of nitrogens with one attached hydrogen (secondary N) is 1. The van der Waals surface area contributed by atoms with E-state index in [0.717, 1.165) is 0 Å². The zero-order chi connectivity index (χ0) is 15.3. The predicted octanol–water partition coefficient (Wildman–Crippen LogP) is 2.22. The fourth-order valence-corrected chi connectivity index (χ4v) is 1.35. The number of carbonyl (C=O) groups excluding carboxylic acids is 2. The standard InChI is InChI=1S/C13H18N2O5/c1-13(2,3)20-12(17)15-9-6-8(11(16)19-5)7-14-10(9)18-4/h6-7H,1-5H3,(H,15,17). The molecule has 20 heavy (non-hydrogen) atoms. The Hall–Kier alpha value is -2.31. The number of ether oxygens (including phenoxy) is 3. The average Bonchev–Trinajstić information content (AvgIpc) is 2.35. The van der Waals surface area contributed by atoms with Crippen LogP contribution in [0.1, 0.15) is 31.1 Å². The van der Waals surface area contributed by atoms with Crippen molar-refractivity contribution in [1.29, 1.82) is 0 Å². The normalized spacial score (nSPS) is 10.7. The van der Waals surface area contributed by atoms with Crippen LogP contribution in [0.15, 0.2) is 12.3 Å². The molecule has 110 valence electrons. The Morgan fingerprint density at radius 3 is 2.40 bits per heavy atom. The Morgan fingerprint density at radius 2 is 1.90 bits per heavy atom. The molecule has 0 unspecified atom stereocenters. The summed E-state index contributed by atoms with van der Waals surface area (Å²) in [6.45, 7) is 5.23. The van der Waals surface area contributed by atoms with Crippen LogP contribution in [0.5, 0.6) is 5.88 Å². The fourth-order valence-electron chi connectivity index (χ4n) is 1.35. The minimum absolute atomic E-state index is 0.170. The molecular weight excluding hydrogens is 264 g/mol. The van der Waals surface area contributed by atoms with Gasteiger partial charge in [0.15, 0.2) is 0 Å². The van der Waals surface area contributed by atoms with Gasteiger partial charge < -0.3 is 14.2 Å². The zero-order valence-electron chi connectivity index (χ0n) is 12.1. The topological polar surface area (TPSA) is 86.8 Å². The molecule has 0 spiro atoms. The van der Waals surface area contributed by atoms with E-state index < -0.39 is 17.7 Å². The molecule has 0 saturated heterocycles. The van der Waals surface area contributed by atoms with Crippen LogP contribution in [0.4, 0.5) is 10.5 Å². The van der Waals surface area contributed by atoms with Crippen LogP contribution in [0.2, 0.25) is 0 Å². The molecule has 0 bridgehead atoms. The maximum absolute atomic E-state index is 11.7. The van der Waals surface area contributed by atoms with Crippen molar-refractivity contribution >= 4 is 17.7 Å². The number of anilines is 1. The number of nitrogens with zero attached hydrogens (tertiary/aromatic N) is 1. The van der Waals surface area contributed by atoms with Gasteiger partial charge in [0.1, 0.15) is 11.3 Å². The molecule has 1 amide bonds. The fraction of sp³-hybridized carbons (Fsp3) is 0.462. The van der Waals surface area contributed by atoms with Crippen molar-refractivity contribution in [3.63, 3.8) is 0 Å². The summed E-state index contributed by atoms with van der Waals surface area (Å²) in [7, 11) is 2.66. The third-order valence-electron chi connectivity index (χ3n) is 2.10. The summed E-state index contributed by atoms with van der Waals surface area (Å²) in [4.78, 5) is 27.1. The van der Waals surface area contributed by atoms with E-state index in [9.17, 15) is 9.59 Å². The van der Waals surface area contributed by atoms with Gasteiger partial charge in [-0.25, -0.2) is 14.6 Å². The molecule has 0 aliphatic heterocycles. The second-order valence-electron chi connectivity index (χ2n) is 4.90. The molecule has 0 fully saturated rings. The lowest BCUT2D eigenvalue weighted by molar-refractivity contribution is 0.0595. The lowest BCUT2D eigenvalue weighted by Crippen LogP contribution is -2.27. The number of pyridine rings is 1. The lowest BCUT2D eigenvalue weighted by atomic mass is 10.2. The number of amides is 1. The van der Waals surface area contributed by atoms with Gasteiger partial charge in [-0.3, -0.25) is 5.32 Å². The van der Waals surface area contributed by atoms with Gasteiger partial charge in [-0.2, -0.15) is 0 Å². The first-order chi connectivity index (χ1) is 9.26. The van der Waals surface area contributed by atoms with Gasteiger partial charge in [-0.1, -0.05) is 0 Å². The summed E-state index contributed by atoms with van der Waals surface area (Å²) in [5.41, 5.74) is -0.214. The molecule has 1 heterocycles. The molecule has 1 N–H and O–H groups in total. The Labute approximate surface area is 117 Å². The SMILES string of the molecule is COC(=O)c1cnc(OC)c(NC(=O)OC(C)(C)C)c1. The second-order valence-corrected chi connectivity index (χ2v) is 4.90. The van der Waals surface area contributed by atoms with Crippen molar-refractivity contribution < 1.29 is 23.8 Å². The Morgan fingerprint density at radius 1 is 1.25 bits per heavy atom. The Kier molecular flexibility index (Phi) is 4.90. The van der Waals surface area contributed by atoms with Gasteiger partial charge in [0, 0.05) is 6.20 Å². The number of hydrogen-bond donors (Lipinski definition) is 1. The van der Waals surface area contributed by atoms with Crippen LogP contribution in [0.25, 0.3) is 0 Å². The smallest absolute Gasteiger partial charge is 0.412 e. The number of carbonyl (C=O) groups is 2. The van der Waals surface area contributed by atoms with Crippen molar-refractivity contribution in [1.82, 2.24) is 4.98 Å². The van der Waals surface area contributed by atoms with E-state index in [1.807, 2.05) is 0 Å². The highest BCUT2D eigenvalue weighted by atomic mass is 16.6. The van der Waals surface area contributed by atoms with Gasteiger partial charge in [-0.15, -0.1) is 0 Å². The number of rotatable bonds is 3. The van der Waals surface area contributed by atoms with Crippen LogP contribution in [0, 0.1) is 0 Å². The van der Waals surface area contributed by atoms with Crippen molar-refractivity contribution in [3.05, 3.63) is 17.8 Å². The summed E-state index contributed by atoms with van der Waals surface area (Å²) in [5.74, 6) is -0.393. The largest absolute Gasteiger partial charge is 0.480 e. The number of aromatic nitrogens is 1. The highest BCUT2D eigenvalue weighted by Gasteiger charge is 2.19. The monoisotopic (exact) mass is 282 g/mol. The summed E-state index contributed by atoms with van der Waals surface area (Å²) in [6, 6.07) is 1.40. The highest BCUT2D eigenvalue weighted by molar-refractivity contribution is 5.93. The molecule has 7 heteroatoms. The van der Waals surface area contributed by atoms with Gasteiger partial charge >= 0.3 is 12.1 Å². The lowest BCUT2D eigenvalue weighted by Gasteiger charge is -2.20. The predicted molar refractivity (Wildman–Crippen MR) is 72.0 cm³/mol. The van der Waals surface area contributed by atoms with E-state index in [1.54, 1.807) is 20.8 Å². The van der Waals surface area contributed by atoms with Gasteiger partial charge in [0.2, 0.25) is 5.88 Å². The third kappa shape index (κ3) is 4.42. The maximum atomic E-state index is 11.7. The summed E-state index contributed by atoms with van der Waals surface area (Å²) in [6.07, 6.45) is 0.630. The molecule has 1 rings (SSSR count). The van der Waals surface area contributed by atoms with Crippen LogP contribution in [-0.2, 0) is 9.47 Å². The quantitative estimate of drug-likeness (QED) is 0.855. The third-order valence-corrected chi connectivity index (χ3v) is 2.10. The number of hydrogen-bond acceptors (Lipinski definition) is 6. The van der Waals surface area contributed by atoms with Crippen molar-refractivity contribution in [2.24, 2.45) is 0 Å². The van der Waals surface area contributed by atoms with Gasteiger partial charge in [0.05, 0.1) is 19.8 Å². The molecule has 1 aromatic rings. The van der Waals surface area contributed by atoms with E-state index in [1.165, 1.54) is 26.5 Å². The van der Waals surface area contributed by atoms with Gasteiger partial charge in [0.25, 0.3) is 0 Å². The minimum Gasteiger partial charge on any atom is -0.480 e. The van der Waals surface area contributed by atoms with Crippen molar-refractivity contribution in [2.45, 2.75) is 26.4 Å². The molecule has 0 aliphatic carbocycles. The van der Waals surface area contributed by atoms with E-state index >= 15 is 0 Å².